The normalized spacial score (nSPS) is 16.8. The number of amides is 2. The molecule has 1 heterocycles. The van der Waals surface area contributed by atoms with Crippen molar-refractivity contribution in [2.24, 2.45) is 5.92 Å². The van der Waals surface area contributed by atoms with Gasteiger partial charge in [-0.2, -0.15) is 0 Å². The van der Waals surface area contributed by atoms with Gasteiger partial charge < -0.3 is 15.5 Å². The molecule has 0 radical (unpaired) electrons. The lowest BCUT2D eigenvalue weighted by molar-refractivity contribution is -0.136. The fraction of sp³-hybridized carbons (Fsp3) is 0.529. The Kier molecular flexibility index (Phi) is 6.40. The first-order valence-electron chi connectivity index (χ1n) is 8.02. The zero-order valence-electron chi connectivity index (χ0n) is 13.2. The van der Waals surface area contributed by atoms with Crippen LogP contribution in [0.2, 0.25) is 0 Å². The average molecular weight is 303 g/mol. The Morgan fingerprint density at radius 3 is 2.45 bits per heavy atom. The van der Waals surface area contributed by atoms with Gasteiger partial charge in [0.1, 0.15) is 0 Å². The minimum Gasteiger partial charge on any atom is -0.348 e. The van der Waals surface area contributed by atoms with Crippen LogP contribution >= 0.6 is 0 Å². The second-order valence-corrected chi connectivity index (χ2v) is 6.00. The van der Waals surface area contributed by atoms with Crippen molar-refractivity contribution in [2.75, 3.05) is 31.5 Å². The molecule has 0 bridgehead atoms. The number of hydrogen-bond acceptors (Lipinski definition) is 3. The third-order valence-corrected chi connectivity index (χ3v) is 3.87. The average Bonchev–Trinajstić information content (AvgIpc) is 2.54. The molecular formula is C17H25N3O2. The predicted octanol–water partition coefficient (Wildman–Crippen LogP) is 1.86. The third-order valence-electron chi connectivity index (χ3n) is 3.87. The number of carbonyl (C=O) groups excluding carboxylic acids is 2. The molecule has 1 unspecified atom stereocenters. The molecule has 2 rings (SSSR count). The molecule has 2 amide bonds. The Morgan fingerprint density at radius 2 is 1.77 bits per heavy atom. The van der Waals surface area contributed by atoms with Crippen LogP contribution in [0.4, 0.5) is 5.69 Å². The first-order valence-corrected chi connectivity index (χ1v) is 8.02. The molecule has 1 aromatic carbocycles. The van der Waals surface area contributed by atoms with E-state index in [4.69, 9.17) is 0 Å². The summed E-state index contributed by atoms with van der Waals surface area (Å²) in [6, 6.07) is 8.99. The van der Waals surface area contributed by atoms with Gasteiger partial charge in [0, 0.05) is 18.8 Å². The molecular weight excluding hydrogens is 278 g/mol. The van der Waals surface area contributed by atoms with Crippen molar-refractivity contribution in [2.45, 2.75) is 26.2 Å². The fourth-order valence-electron chi connectivity index (χ4n) is 2.70. The zero-order chi connectivity index (χ0) is 15.8. The second-order valence-electron chi connectivity index (χ2n) is 6.00. The fourth-order valence-corrected chi connectivity index (χ4v) is 2.70. The summed E-state index contributed by atoms with van der Waals surface area (Å²) in [7, 11) is 0. The summed E-state index contributed by atoms with van der Waals surface area (Å²) in [6.07, 6.45) is 3.85. The summed E-state index contributed by atoms with van der Waals surface area (Å²) in [5.41, 5.74) is 0.629. The Hall–Kier alpha value is -1.88. The van der Waals surface area contributed by atoms with Crippen molar-refractivity contribution in [3.05, 3.63) is 30.3 Å². The summed E-state index contributed by atoms with van der Waals surface area (Å²) in [6.45, 7) is 5.89. The standard InChI is InChI=1S/C17H25N3O2/c1-14(13-20-10-6-3-7-11-20)12-18-16(21)17(22)19-15-8-4-2-5-9-15/h2,4-5,8-9,14H,3,6-7,10-13H2,1H3,(H,18,21)(H,19,22). The lowest BCUT2D eigenvalue weighted by Crippen LogP contribution is -2.41. The van der Waals surface area contributed by atoms with Crippen LogP contribution in [-0.4, -0.2) is 42.9 Å². The maximum atomic E-state index is 11.8. The molecule has 1 atom stereocenters. The number of carbonyl (C=O) groups is 2. The van der Waals surface area contributed by atoms with Crippen LogP contribution in [0.3, 0.4) is 0 Å². The number of nitrogens with zero attached hydrogens (tertiary/aromatic N) is 1. The number of anilines is 1. The molecule has 0 aliphatic carbocycles. The molecule has 0 spiro atoms. The molecule has 2 N–H and O–H groups in total. The van der Waals surface area contributed by atoms with Crippen molar-refractivity contribution in [3.63, 3.8) is 0 Å². The topological polar surface area (TPSA) is 61.4 Å². The number of benzene rings is 1. The van der Waals surface area contributed by atoms with Crippen LogP contribution in [0.25, 0.3) is 0 Å². The van der Waals surface area contributed by atoms with E-state index in [9.17, 15) is 9.59 Å². The van der Waals surface area contributed by atoms with Crippen LogP contribution < -0.4 is 10.6 Å². The van der Waals surface area contributed by atoms with Crippen molar-refractivity contribution < 1.29 is 9.59 Å². The third kappa shape index (κ3) is 5.48. The minimum atomic E-state index is -0.614. The summed E-state index contributed by atoms with van der Waals surface area (Å²) < 4.78 is 0. The van der Waals surface area contributed by atoms with Crippen LogP contribution in [0.5, 0.6) is 0 Å². The smallest absolute Gasteiger partial charge is 0.313 e. The van der Waals surface area contributed by atoms with Gasteiger partial charge in [0.2, 0.25) is 0 Å². The maximum Gasteiger partial charge on any atom is 0.313 e. The first kappa shape index (κ1) is 16.5. The van der Waals surface area contributed by atoms with Gasteiger partial charge in [0.15, 0.2) is 0 Å². The second kappa shape index (κ2) is 8.54. The Bertz CT molecular complexity index is 484. The van der Waals surface area contributed by atoms with E-state index in [2.05, 4.69) is 22.5 Å². The maximum absolute atomic E-state index is 11.8. The molecule has 120 valence electrons. The SMILES string of the molecule is CC(CNC(=O)C(=O)Nc1ccccc1)CN1CCCCC1. The van der Waals surface area contributed by atoms with E-state index in [0.717, 1.165) is 19.6 Å². The largest absolute Gasteiger partial charge is 0.348 e. The van der Waals surface area contributed by atoms with Crippen molar-refractivity contribution in [1.29, 1.82) is 0 Å². The van der Waals surface area contributed by atoms with Gasteiger partial charge in [-0.05, 0) is 44.0 Å². The number of para-hydroxylation sites is 1. The highest BCUT2D eigenvalue weighted by Crippen LogP contribution is 2.10. The molecule has 1 fully saturated rings. The van der Waals surface area contributed by atoms with Gasteiger partial charge in [-0.3, -0.25) is 9.59 Å². The van der Waals surface area contributed by atoms with E-state index in [-0.39, 0.29) is 0 Å². The van der Waals surface area contributed by atoms with Gasteiger partial charge in [0.25, 0.3) is 0 Å². The van der Waals surface area contributed by atoms with Crippen LogP contribution in [-0.2, 0) is 9.59 Å². The quantitative estimate of drug-likeness (QED) is 0.816. The van der Waals surface area contributed by atoms with Gasteiger partial charge in [-0.25, -0.2) is 0 Å². The number of nitrogens with one attached hydrogen (secondary N) is 2. The van der Waals surface area contributed by atoms with E-state index in [0.29, 0.717) is 18.2 Å². The highest BCUT2D eigenvalue weighted by atomic mass is 16.2. The summed E-state index contributed by atoms with van der Waals surface area (Å²) in [5.74, 6) is -0.850. The Labute approximate surface area is 132 Å². The molecule has 0 aromatic heterocycles. The highest BCUT2D eigenvalue weighted by Gasteiger charge is 2.17. The molecule has 1 aliphatic rings. The number of piperidine rings is 1. The van der Waals surface area contributed by atoms with Crippen LogP contribution in [0.15, 0.2) is 30.3 Å². The lowest BCUT2D eigenvalue weighted by Gasteiger charge is -2.29. The zero-order valence-corrected chi connectivity index (χ0v) is 13.2. The van der Waals surface area contributed by atoms with E-state index in [1.54, 1.807) is 12.1 Å². The first-order chi connectivity index (χ1) is 10.6. The van der Waals surface area contributed by atoms with E-state index >= 15 is 0 Å². The van der Waals surface area contributed by atoms with E-state index in [1.807, 2.05) is 18.2 Å². The molecule has 1 aromatic rings. The van der Waals surface area contributed by atoms with Gasteiger partial charge in [0.05, 0.1) is 0 Å². The molecule has 1 saturated heterocycles. The molecule has 1 aliphatic heterocycles. The molecule has 5 nitrogen and oxygen atoms in total. The number of likely N-dealkylation sites (tertiary alicyclic amines) is 1. The monoisotopic (exact) mass is 303 g/mol. The summed E-state index contributed by atoms with van der Waals surface area (Å²) in [4.78, 5) is 26.0. The van der Waals surface area contributed by atoms with Crippen LogP contribution in [0, 0.1) is 5.92 Å². The highest BCUT2D eigenvalue weighted by molar-refractivity contribution is 6.39. The molecule has 0 saturated carbocycles. The van der Waals surface area contributed by atoms with E-state index < -0.39 is 11.8 Å². The van der Waals surface area contributed by atoms with Crippen LogP contribution in [0.1, 0.15) is 26.2 Å². The minimum absolute atomic E-state index is 0.339. The summed E-state index contributed by atoms with van der Waals surface area (Å²) in [5, 5.41) is 5.30. The number of rotatable bonds is 5. The number of hydrogen-bond donors (Lipinski definition) is 2. The van der Waals surface area contributed by atoms with Gasteiger partial charge in [-0.1, -0.05) is 31.5 Å². The van der Waals surface area contributed by atoms with E-state index in [1.165, 1.54) is 19.3 Å². The van der Waals surface area contributed by atoms with Crippen molar-refractivity contribution >= 4 is 17.5 Å². The molecule has 5 heteroatoms. The predicted molar refractivity (Wildman–Crippen MR) is 87.5 cm³/mol. The van der Waals surface area contributed by atoms with Gasteiger partial charge >= 0.3 is 11.8 Å². The summed E-state index contributed by atoms with van der Waals surface area (Å²) >= 11 is 0. The Morgan fingerprint density at radius 1 is 1.09 bits per heavy atom. The Balaban J connectivity index is 1.68. The lowest BCUT2D eigenvalue weighted by atomic mass is 10.1. The van der Waals surface area contributed by atoms with Crippen molar-refractivity contribution in [1.82, 2.24) is 10.2 Å². The van der Waals surface area contributed by atoms with Crippen molar-refractivity contribution in [3.8, 4) is 0 Å². The molecule has 22 heavy (non-hydrogen) atoms. The van der Waals surface area contributed by atoms with Gasteiger partial charge in [-0.15, -0.1) is 0 Å².